The molecule has 4 rings (SSSR count). The zero-order valence-corrected chi connectivity index (χ0v) is 22.8. The van der Waals surface area contributed by atoms with E-state index >= 15 is 0 Å². The molecule has 0 aliphatic carbocycles. The smallest absolute Gasteiger partial charge is 0.251 e. The highest BCUT2D eigenvalue weighted by Crippen LogP contribution is 2.25. The van der Waals surface area contributed by atoms with Crippen LogP contribution in [0.3, 0.4) is 0 Å². The summed E-state index contributed by atoms with van der Waals surface area (Å²) in [5.74, 6) is -0.529. The highest BCUT2D eigenvalue weighted by molar-refractivity contribution is 7.89. The third-order valence-corrected chi connectivity index (χ3v) is 8.71. The first-order valence-electron chi connectivity index (χ1n) is 12.3. The fourth-order valence-electron chi connectivity index (χ4n) is 4.21. The second kappa shape index (κ2) is 12.0. The number of rotatable bonds is 11. The molecule has 0 spiro atoms. The SMILES string of the molecule is CC(C)CN(CC(O)[C@H](Cc1ccccc1)NC(=O)c1cccc(O)c1)S(=O)(=O)c1ccc2ncsc2c1. The van der Waals surface area contributed by atoms with Crippen LogP contribution in [-0.4, -0.2) is 59.1 Å². The quantitative estimate of drug-likeness (QED) is 0.258. The first-order chi connectivity index (χ1) is 18.1. The van der Waals surface area contributed by atoms with E-state index in [1.807, 2.05) is 44.2 Å². The van der Waals surface area contributed by atoms with Gasteiger partial charge in [-0.05, 0) is 54.3 Å². The summed E-state index contributed by atoms with van der Waals surface area (Å²) in [6.45, 7) is 3.80. The summed E-state index contributed by atoms with van der Waals surface area (Å²) in [6, 6.07) is 19.3. The van der Waals surface area contributed by atoms with Crippen molar-refractivity contribution in [1.29, 1.82) is 0 Å². The zero-order chi connectivity index (χ0) is 27.3. The molecule has 3 aromatic carbocycles. The predicted octanol–water partition coefficient (Wildman–Crippen LogP) is 4.05. The molecule has 0 bridgehead atoms. The van der Waals surface area contributed by atoms with E-state index in [-0.39, 0.29) is 41.6 Å². The van der Waals surface area contributed by atoms with Gasteiger partial charge in [-0.25, -0.2) is 13.4 Å². The molecule has 10 heteroatoms. The number of amides is 1. The number of aliphatic hydroxyl groups is 1. The molecular weight excluding hydrogens is 522 g/mol. The molecule has 1 aromatic heterocycles. The number of phenolic OH excluding ortho intramolecular Hbond substituents is 1. The maximum Gasteiger partial charge on any atom is 0.251 e. The Morgan fingerprint density at radius 3 is 2.50 bits per heavy atom. The topological polar surface area (TPSA) is 120 Å². The number of benzene rings is 3. The van der Waals surface area contributed by atoms with Gasteiger partial charge in [0.1, 0.15) is 5.75 Å². The highest BCUT2D eigenvalue weighted by atomic mass is 32.2. The van der Waals surface area contributed by atoms with Crippen molar-refractivity contribution in [3.8, 4) is 5.75 Å². The van der Waals surface area contributed by atoms with Crippen LogP contribution >= 0.6 is 11.3 Å². The van der Waals surface area contributed by atoms with Crippen molar-refractivity contribution in [2.24, 2.45) is 5.92 Å². The number of sulfonamides is 1. The lowest BCUT2D eigenvalue weighted by Crippen LogP contribution is -2.51. The van der Waals surface area contributed by atoms with Crippen LogP contribution in [0.1, 0.15) is 29.8 Å². The van der Waals surface area contributed by atoms with Crippen molar-refractivity contribution < 1.29 is 23.4 Å². The Balaban J connectivity index is 1.61. The van der Waals surface area contributed by atoms with Gasteiger partial charge in [-0.15, -0.1) is 11.3 Å². The molecule has 3 N–H and O–H groups in total. The monoisotopic (exact) mass is 553 g/mol. The molecular formula is C28H31N3O5S2. The number of nitrogens with zero attached hydrogens (tertiary/aromatic N) is 2. The van der Waals surface area contributed by atoms with Crippen LogP contribution in [0.25, 0.3) is 10.2 Å². The summed E-state index contributed by atoms with van der Waals surface area (Å²) in [5.41, 5.74) is 3.50. The summed E-state index contributed by atoms with van der Waals surface area (Å²) in [6.07, 6.45) is -0.924. The number of hydrogen-bond acceptors (Lipinski definition) is 7. The number of aromatic hydroxyl groups is 1. The highest BCUT2D eigenvalue weighted by Gasteiger charge is 2.31. The van der Waals surface area contributed by atoms with Crippen LogP contribution in [0.4, 0.5) is 0 Å². The number of carbonyl (C=O) groups is 1. The lowest BCUT2D eigenvalue weighted by molar-refractivity contribution is 0.0775. The van der Waals surface area contributed by atoms with E-state index in [1.165, 1.54) is 33.8 Å². The Bertz CT molecular complexity index is 1490. The third kappa shape index (κ3) is 6.76. The standard InChI is InChI=1S/C28H31N3O5S2/c1-19(2)16-31(38(35,36)23-11-12-24-27(15-23)37-18-29-24)17-26(33)25(13-20-7-4-3-5-8-20)30-28(34)21-9-6-10-22(32)14-21/h3-12,14-15,18-19,25-26,32-33H,13,16-17H2,1-2H3,(H,30,34)/t25-,26?/m0/s1. The summed E-state index contributed by atoms with van der Waals surface area (Å²) in [4.78, 5) is 17.4. The molecule has 4 aromatic rings. The molecule has 0 radical (unpaired) electrons. The second-order valence-corrected chi connectivity index (χ2v) is 12.4. The number of thiazole rings is 1. The van der Waals surface area contributed by atoms with Crippen LogP contribution < -0.4 is 5.32 Å². The Kier molecular flexibility index (Phi) is 8.78. The molecule has 0 fully saturated rings. The van der Waals surface area contributed by atoms with E-state index in [2.05, 4.69) is 10.3 Å². The normalized spacial score (nSPS) is 13.6. The van der Waals surface area contributed by atoms with Crippen molar-refractivity contribution in [2.45, 2.75) is 37.3 Å². The Labute approximate surface area is 226 Å². The lowest BCUT2D eigenvalue weighted by atomic mass is 10.00. The van der Waals surface area contributed by atoms with E-state index in [4.69, 9.17) is 0 Å². The van der Waals surface area contributed by atoms with E-state index in [9.17, 15) is 23.4 Å². The number of aliphatic hydroxyl groups excluding tert-OH is 1. The van der Waals surface area contributed by atoms with Gasteiger partial charge in [0.2, 0.25) is 10.0 Å². The van der Waals surface area contributed by atoms with Gasteiger partial charge in [-0.1, -0.05) is 50.2 Å². The molecule has 0 aliphatic rings. The summed E-state index contributed by atoms with van der Waals surface area (Å²) >= 11 is 1.36. The van der Waals surface area contributed by atoms with E-state index in [0.717, 1.165) is 15.8 Å². The predicted molar refractivity (Wildman–Crippen MR) is 149 cm³/mol. The Morgan fingerprint density at radius 2 is 1.79 bits per heavy atom. The number of hydrogen-bond donors (Lipinski definition) is 3. The molecule has 38 heavy (non-hydrogen) atoms. The Hall–Kier alpha value is -3.31. The number of phenols is 1. The molecule has 200 valence electrons. The van der Waals surface area contributed by atoms with Crippen molar-refractivity contribution in [2.75, 3.05) is 13.1 Å². The molecule has 8 nitrogen and oxygen atoms in total. The lowest BCUT2D eigenvalue weighted by Gasteiger charge is -2.30. The molecule has 0 saturated heterocycles. The van der Waals surface area contributed by atoms with Gasteiger partial charge < -0.3 is 15.5 Å². The Morgan fingerprint density at radius 1 is 1.03 bits per heavy atom. The van der Waals surface area contributed by atoms with Crippen molar-refractivity contribution in [1.82, 2.24) is 14.6 Å². The van der Waals surface area contributed by atoms with E-state index < -0.39 is 28.1 Å². The number of fused-ring (bicyclic) bond motifs is 1. The average molecular weight is 554 g/mol. The molecule has 1 heterocycles. The minimum atomic E-state index is -3.95. The molecule has 2 atom stereocenters. The third-order valence-electron chi connectivity index (χ3n) is 6.09. The van der Waals surface area contributed by atoms with Gasteiger partial charge in [0.25, 0.3) is 5.91 Å². The molecule has 0 saturated carbocycles. The van der Waals surface area contributed by atoms with E-state index in [1.54, 1.807) is 29.8 Å². The van der Waals surface area contributed by atoms with Gasteiger partial charge in [0.05, 0.1) is 32.8 Å². The molecule has 0 aliphatic heterocycles. The van der Waals surface area contributed by atoms with Crippen LogP contribution in [0.2, 0.25) is 0 Å². The maximum absolute atomic E-state index is 13.7. The van der Waals surface area contributed by atoms with Crippen molar-refractivity contribution in [3.63, 3.8) is 0 Å². The second-order valence-electron chi connectivity index (χ2n) is 9.59. The van der Waals surface area contributed by atoms with E-state index in [0.29, 0.717) is 0 Å². The van der Waals surface area contributed by atoms with Gasteiger partial charge in [-0.3, -0.25) is 4.79 Å². The number of aromatic nitrogens is 1. The summed E-state index contributed by atoms with van der Waals surface area (Å²) in [7, 11) is -3.95. The van der Waals surface area contributed by atoms with Gasteiger partial charge in [0.15, 0.2) is 0 Å². The summed E-state index contributed by atoms with van der Waals surface area (Å²) in [5, 5.41) is 24.0. The van der Waals surface area contributed by atoms with Crippen LogP contribution in [-0.2, 0) is 16.4 Å². The minimum Gasteiger partial charge on any atom is -0.508 e. The first-order valence-corrected chi connectivity index (χ1v) is 14.6. The van der Waals surface area contributed by atoms with Crippen LogP contribution in [0.5, 0.6) is 5.75 Å². The largest absolute Gasteiger partial charge is 0.508 e. The zero-order valence-electron chi connectivity index (χ0n) is 21.2. The molecule has 1 unspecified atom stereocenters. The van der Waals surface area contributed by atoms with Crippen molar-refractivity contribution in [3.05, 3.63) is 89.4 Å². The van der Waals surface area contributed by atoms with Gasteiger partial charge in [0, 0.05) is 18.7 Å². The fraction of sp³-hybridized carbons (Fsp3) is 0.286. The van der Waals surface area contributed by atoms with Crippen LogP contribution in [0.15, 0.2) is 83.2 Å². The van der Waals surface area contributed by atoms with Gasteiger partial charge >= 0.3 is 0 Å². The number of carbonyl (C=O) groups excluding carboxylic acids is 1. The average Bonchev–Trinajstić information content (AvgIpc) is 3.36. The summed E-state index contributed by atoms with van der Waals surface area (Å²) < 4.78 is 29.5. The van der Waals surface area contributed by atoms with Crippen molar-refractivity contribution >= 4 is 37.5 Å². The number of nitrogens with one attached hydrogen (secondary N) is 1. The minimum absolute atomic E-state index is 0.00132. The fourth-order valence-corrected chi connectivity index (χ4v) is 6.65. The maximum atomic E-state index is 13.7. The molecule has 1 amide bonds. The van der Waals surface area contributed by atoms with Crippen LogP contribution in [0, 0.1) is 5.92 Å². The van der Waals surface area contributed by atoms with Gasteiger partial charge in [-0.2, -0.15) is 4.31 Å². The first kappa shape index (κ1) is 27.7.